The zero-order valence-electron chi connectivity index (χ0n) is 39.5. The highest BCUT2D eigenvalue weighted by atomic mass is 16.8. The van der Waals surface area contributed by atoms with Crippen molar-refractivity contribution in [3.63, 3.8) is 0 Å². The molecule has 0 radical (unpaired) electrons. The minimum absolute atomic E-state index is 0.0776. The molecule has 0 aliphatic carbocycles. The second kappa shape index (κ2) is 26.0. The van der Waals surface area contributed by atoms with E-state index < -0.39 is 224 Å². The van der Waals surface area contributed by atoms with Crippen molar-refractivity contribution in [3.8, 4) is 0 Å². The summed E-state index contributed by atoms with van der Waals surface area (Å²) in [5, 5.41) is 167. The second-order valence-electron chi connectivity index (χ2n) is 18.1. The smallest absolute Gasteiger partial charge is 0.187 e. The summed E-state index contributed by atoms with van der Waals surface area (Å²) in [6.07, 6.45) is -52.7. The first kappa shape index (κ1) is 58.5. The maximum absolute atomic E-state index is 11.9. The van der Waals surface area contributed by atoms with E-state index in [0.717, 1.165) is 0 Å². The van der Waals surface area contributed by atoms with Crippen LogP contribution in [0.1, 0.15) is 20.8 Å². The summed E-state index contributed by atoms with van der Waals surface area (Å²) in [5.74, 6) is 0. The minimum Gasteiger partial charge on any atom is -0.394 e. The number of aliphatic hydroxyl groups excluding tert-OH is 15. The van der Waals surface area contributed by atoms with E-state index in [1.54, 1.807) is 20.8 Å². The van der Waals surface area contributed by atoms with Crippen molar-refractivity contribution in [2.75, 3.05) is 59.5 Å². The van der Waals surface area contributed by atoms with Crippen LogP contribution in [-0.4, -0.2) is 320 Å². The summed E-state index contributed by atoms with van der Waals surface area (Å²) in [4.78, 5) is 0. The van der Waals surface area contributed by atoms with Crippen LogP contribution < -0.4 is 0 Å². The van der Waals surface area contributed by atoms with Crippen LogP contribution in [0.4, 0.5) is 0 Å². The van der Waals surface area contributed by atoms with E-state index in [-0.39, 0.29) is 19.8 Å². The molecule has 22 heterocycles. The minimum atomic E-state index is -2.11. The van der Waals surface area contributed by atoms with Gasteiger partial charge in [0.1, 0.15) is 146 Å². The Labute approximate surface area is 411 Å². The maximum atomic E-state index is 11.9. The van der Waals surface area contributed by atoms with Crippen LogP contribution in [0.25, 0.3) is 0 Å². The molecule has 22 fully saturated rings. The number of hydrogen-bond acceptors (Lipinski definition) is 30. The van der Waals surface area contributed by atoms with Gasteiger partial charge in [-0.05, 0) is 20.8 Å². The van der Waals surface area contributed by atoms with Gasteiger partial charge in [-0.15, -0.1) is 0 Å². The summed E-state index contributed by atoms with van der Waals surface area (Å²) >= 11 is 0. The molecular weight excluding hydrogens is 984 g/mol. The molecule has 0 aromatic rings. The average molecular weight is 1060 g/mol. The van der Waals surface area contributed by atoms with Crippen LogP contribution in [0, 0.1) is 0 Å². The average Bonchev–Trinajstić information content (AvgIpc) is 3.37. The lowest BCUT2D eigenvalue weighted by atomic mass is 9.94. The third kappa shape index (κ3) is 11.8. The molecule has 15 N–H and O–H groups in total. The molecule has 22 aliphatic heterocycles. The Morgan fingerprint density at radius 3 is 0.625 bits per heavy atom. The van der Waals surface area contributed by atoms with E-state index in [1.165, 1.54) is 0 Å². The fourth-order valence-corrected chi connectivity index (χ4v) is 10.0. The highest BCUT2D eigenvalue weighted by molar-refractivity contribution is 5.01. The Morgan fingerprint density at radius 1 is 0.250 bits per heavy atom. The highest BCUT2D eigenvalue weighted by Crippen LogP contribution is 2.39. The monoisotopic (exact) mass is 1060 g/mol. The normalized spacial score (nSPS) is 51.8. The summed E-state index contributed by atoms with van der Waals surface area (Å²) in [6, 6.07) is 0. The predicted octanol–water partition coefficient (Wildman–Crippen LogP) is -9.92. The Hall–Kier alpha value is -1.20. The molecule has 22 aliphatic rings. The topological polar surface area (TPSA) is 442 Å². The van der Waals surface area contributed by atoms with Crippen molar-refractivity contribution in [1.29, 1.82) is 0 Å². The molecule has 30 heteroatoms. The van der Waals surface area contributed by atoms with Crippen LogP contribution in [0.3, 0.4) is 0 Å². The van der Waals surface area contributed by atoms with Crippen molar-refractivity contribution < 1.29 is 148 Å². The summed E-state index contributed by atoms with van der Waals surface area (Å²) in [7, 11) is 0. The van der Waals surface area contributed by atoms with E-state index >= 15 is 0 Å². The zero-order valence-corrected chi connectivity index (χ0v) is 39.5. The standard InChI is InChI=1S/C42H72O30/c1-4-58-34-25(55)40-64-17(11-47)32(34)71-42-27(57)36(60-6-3)33(18(12-48)66-42)72-41-26(56)35(59-5-2)31(16(10-46)65-41)70-39-24(54)21(51)29(14(8-44)63-39)68-37-22(52)19(49)28(13(7-43)61-37)67-38-23(53)20(50)30(69-40)15(9-45)62-38/h13-57H,4-12H2,1-3H3/t13-,14-,15-,16-,17-,18-,19-,20-,21-,22-,23-,24-,25-,26-,27-,28-,29-,30-,31+,32+,33+,34-,35-,36-,37-,38-,39-,40-,41-,42-/m1/s1. The first-order valence-corrected chi connectivity index (χ1v) is 24.0. The molecule has 30 nitrogen and oxygen atoms in total. The summed E-state index contributed by atoms with van der Waals surface area (Å²) in [5.41, 5.74) is 0. The molecule has 0 aromatic heterocycles. The molecule has 0 saturated carbocycles. The van der Waals surface area contributed by atoms with Gasteiger partial charge in [-0.2, -0.15) is 0 Å². The molecule has 12 bridgehead atoms. The van der Waals surface area contributed by atoms with Crippen LogP contribution in [0.15, 0.2) is 0 Å². The number of ether oxygens (including phenoxy) is 15. The van der Waals surface area contributed by atoms with Crippen LogP contribution in [0.2, 0.25) is 0 Å². The van der Waals surface area contributed by atoms with E-state index in [1.807, 2.05) is 0 Å². The highest BCUT2D eigenvalue weighted by Gasteiger charge is 2.59. The van der Waals surface area contributed by atoms with Crippen molar-refractivity contribution in [2.24, 2.45) is 0 Å². The molecule has 22 rings (SSSR count). The lowest BCUT2D eigenvalue weighted by Gasteiger charge is -2.51. The molecule has 30 atom stereocenters. The lowest BCUT2D eigenvalue weighted by Crippen LogP contribution is -2.69. The second-order valence-corrected chi connectivity index (χ2v) is 18.1. The maximum Gasteiger partial charge on any atom is 0.187 e. The Kier molecular flexibility index (Phi) is 21.1. The van der Waals surface area contributed by atoms with Gasteiger partial charge in [-0.3, -0.25) is 0 Å². The van der Waals surface area contributed by atoms with E-state index in [9.17, 15) is 76.6 Å². The number of aliphatic hydroxyl groups is 15. The molecule has 0 unspecified atom stereocenters. The van der Waals surface area contributed by atoms with Gasteiger partial charge < -0.3 is 148 Å². The van der Waals surface area contributed by atoms with Gasteiger partial charge in [-0.1, -0.05) is 0 Å². The third-order valence-corrected chi connectivity index (χ3v) is 13.7. The first-order chi connectivity index (χ1) is 34.5. The van der Waals surface area contributed by atoms with Gasteiger partial charge in [0.25, 0.3) is 0 Å². The van der Waals surface area contributed by atoms with E-state index in [2.05, 4.69) is 0 Å². The summed E-state index contributed by atoms with van der Waals surface area (Å²) < 4.78 is 88.9. The van der Waals surface area contributed by atoms with E-state index in [0.29, 0.717) is 0 Å². The Bertz CT molecular complexity index is 1610. The molecular formula is C42H72O30. The quantitative estimate of drug-likeness (QED) is 0.0863. The van der Waals surface area contributed by atoms with Gasteiger partial charge in [-0.25, -0.2) is 0 Å². The molecule has 0 aromatic carbocycles. The van der Waals surface area contributed by atoms with Crippen molar-refractivity contribution in [3.05, 3.63) is 0 Å². The molecule has 0 amide bonds. The van der Waals surface area contributed by atoms with Crippen molar-refractivity contribution >= 4 is 0 Å². The van der Waals surface area contributed by atoms with Crippen molar-refractivity contribution in [2.45, 2.75) is 205 Å². The van der Waals surface area contributed by atoms with E-state index in [4.69, 9.17) is 71.1 Å². The van der Waals surface area contributed by atoms with Gasteiger partial charge in [0.05, 0.1) is 39.6 Å². The number of rotatable bonds is 12. The Morgan fingerprint density at radius 2 is 0.431 bits per heavy atom. The van der Waals surface area contributed by atoms with Crippen LogP contribution in [0.5, 0.6) is 0 Å². The first-order valence-electron chi connectivity index (χ1n) is 24.0. The largest absolute Gasteiger partial charge is 0.394 e. The SMILES string of the molecule is CCO[C@@H]1[C@@H](O)[C@H]2O[C@@H]3[C@H](OCC)[C@@H](O)[C@@H](O[C@@H]4[C@H](OCC)[C@@H](O)[C@@H](O[C@H]5[C@H](O)[C@@H](O)[C@@H](O[C@H]6[C@H](O)[C@@H](O)[C@@H](O[C@H]7[C@H](O)[C@@H](O)[C@@H](O[C@H]1[C@@H](CO)O2)O[C@@H]7CO)O[C@@H]6CO)O[C@@H]5CO)O[C@@H]4CO)O[C@@H]3CO. The molecule has 0 spiro atoms. The number of hydrogen-bond donors (Lipinski definition) is 15. The van der Waals surface area contributed by atoms with Gasteiger partial charge in [0.15, 0.2) is 37.7 Å². The molecule has 420 valence electrons. The van der Waals surface area contributed by atoms with Crippen LogP contribution in [-0.2, 0) is 71.1 Å². The molecule has 22 saturated heterocycles. The summed E-state index contributed by atoms with van der Waals surface area (Å²) in [6.45, 7) is -0.996. The fraction of sp³-hybridized carbons (Fsp3) is 1.00. The third-order valence-electron chi connectivity index (χ3n) is 13.7. The van der Waals surface area contributed by atoms with Gasteiger partial charge in [0.2, 0.25) is 0 Å². The fourth-order valence-electron chi connectivity index (χ4n) is 10.0. The predicted molar refractivity (Wildman–Crippen MR) is 224 cm³/mol. The zero-order chi connectivity index (χ0) is 52.3. The lowest BCUT2D eigenvalue weighted by molar-refractivity contribution is -0.406. The molecule has 72 heavy (non-hydrogen) atoms. The Balaban J connectivity index is 1.24. The van der Waals surface area contributed by atoms with Gasteiger partial charge >= 0.3 is 0 Å². The van der Waals surface area contributed by atoms with Crippen molar-refractivity contribution in [1.82, 2.24) is 0 Å². The van der Waals surface area contributed by atoms with Crippen LogP contribution >= 0.6 is 0 Å². The van der Waals surface area contributed by atoms with Gasteiger partial charge in [0, 0.05) is 19.8 Å².